The molecule has 25 heavy (non-hydrogen) atoms. The fourth-order valence-corrected chi connectivity index (χ4v) is 3.06. The van der Waals surface area contributed by atoms with Crippen LogP contribution in [-0.2, 0) is 0 Å². The zero-order chi connectivity index (χ0) is 17.8. The van der Waals surface area contributed by atoms with E-state index in [1.54, 1.807) is 22.9 Å². The second kappa shape index (κ2) is 7.26. The monoisotopic (exact) mass is 338 g/mol. The molecule has 1 aliphatic heterocycles. The summed E-state index contributed by atoms with van der Waals surface area (Å²) in [6, 6.07) is 7.97. The highest BCUT2D eigenvalue weighted by Gasteiger charge is 2.24. The largest absolute Gasteiger partial charge is 0.497 e. The van der Waals surface area contributed by atoms with Crippen molar-refractivity contribution in [2.45, 2.75) is 18.9 Å². The number of benzene rings is 1. The first-order chi connectivity index (χ1) is 12.1. The Labute approximate surface area is 147 Å². The topological polar surface area (TPSA) is 81.2 Å². The van der Waals surface area contributed by atoms with Crippen molar-refractivity contribution in [3.8, 4) is 23.2 Å². The highest BCUT2D eigenvalue weighted by atomic mass is 16.5. The molecule has 130 valence electrons. The van der Waals surface area contributed by atoms with Gasteiger partial charge in [-0.15, -0.1) is 0 Å². The van der Waals surface area contributed by atoms with Gasteiger partial charge < -0.3 is 14.5 Å². The van der Waals surface area contributed by atoms with Crippen LogP contribution in [0.15, 0.2) is 36.8 Å². The molecule has 7 nitrogen and oxygen atoms in total. The molecular formula is C18H22N6O. The van der Waals surface area contributed by atoms with Crippen LogP contribution >= 0.6 is 0 Å². The van der Waals surface area contributed by atoms with Crippen LogP contribution in [0.3, 0.4) is 0 Å². The third-order valence-electron chi connectivity index (χ3n) is 4.70. The fourth-order valence-electron chi connectivity index (χ4n) is 3.06. The number of nitriles is 1. The van der Waals surface area contributed by atoms with E-state index in [1.165, 1.54) is 0 Å². The van der Waals surface area contributed by atoms with Gasteiger partial charge in [-0.3, -0.25) is 9.98 Å². The zero-order valence-corrected chi connectivity index (χ0v) is 14.5. The minimum Gasteiger partial charge on any atom is -0.497 e. The minimum atomic E-state index is 0.268. The lowest BCUT2D eigenvalue weighted by molar-refractivity contribution is 0.212. The molecule has 1 aliphatic rings. The van der Waals surface area contributed by atoms with E-state index in [0.29, 0.717) is 5.96 Å². The highest BCUT2D eigenvalue weighted by Crippen LogP contribution is 2.21. The van der Waals surface area contributed by atoms with Gasteiger partial charge >= 0.3 is 0 Å². The summed E-state index contributed by atoms with van der Waals surface area (Å²) >= 11 is 0. The molecule has 3 rings (SSSR count). The molecule has 0 atom stereocenters. The quantitative estimate of drug-likeness (QED) is 0.527. The van der Waals surface area contributed by atoms with E-state index >= 15 is 0 Å². The van der Waals surface area contributed by atoms with Crippen LogP contribution in [0.25, 0.3) is 11.3 Å². The van der Waals surface area contributed by atoms with Crippen molar-refractivity contribution >= 4 is 5.96 Å². The van der Waals surface area contributed by atoms with Crippen LogP contribution in [0.1, 0.15) is 12.8 Å². The van der Waals surface area contributed by atoms with Crippen molar-refractivity contribution in [3.05, 3.63) is 36.8 Å². The van der Waals surface area contributed by atoms with E-state index in [2.05, 4.69) is 11.2 Å². The molecule has 1 aromatic heterocycles. The zero-order valence-electron chi connectivity index (χ0n) is 14.5. The Morgan fingerprint density at radius 1 is 1.32 bits per heavy atom. The number of aromatic nitrogens is 2. The first-order valence-corrected chi connectivity index (χ1v) is 8.27. The average molecular weight is 338 g/mol. The number of ether oxygens (including phenoxy) is 1. The summed E-state index contributed by atoms with van der Waals surface area (Å²) < 4.78 is 6.91. The van der Waals surface area contributed by atoms with Crippen molar-refractivity contribution in [2.24, 2.45) is 0 Å². The van der Waals surface area contributed by atoms with Gasteiger partial charge in [-0.05, 0) is 37.1 Å². The number of hydrogen-bond donors (Lipinski definition) is 1. The summed E-state index contributed by atoms with van der Waals surface area (Å²) in [5.74, 6) is 1.20. The summed E-state index contributed by atoms with van der Waals surface area (Å²) in [6.07, 6.45) is 7.49. The molecule has 2 heterocycles. The molecule has 0 unspecified atom stereocenters. The predicted molar refractivity (Wildman–Crippen MR) is 95.3 cm³/mol. The molecule has 0 radical (unpaired) electrons. The van der Waals surface area contributed by atoms with E-state index in [0.717, 1.165) is 42.9 Å². The molecule has 1 saturated heterocycles. The van der Waals surface area contributed by atoms with Crippen molar-refractivity contribution in [2.75, 3.05) is 27.2 Å². The Balaban J connectivity index is 1.68. The molecule has 0 bridgehead atoms. The van der Waals surface area contributed by atoms with Crippen molar-refractivity contribution in [3.63, 3.8) is 0 Å². The van der Waals surface area contributed by atoms with Crippen LogP contribution < -0.4 is 4.74 Å². The maximum Gasteiger partial charge on any atom is 0.203 e. The van der Waals surface area contributed by atoms with E-state index in [9.17, 15) is 0 Å². The number of hydrogen-bond acceptors (Lipinski definition) is 5. The number of rotatable bonds is 3. The van der Waals surface area contributed by atoms with E-state index in [1.807, 2.05) is 42.4 Å². The Bertz CT molecular complexity index is 768. The molecule has 0 saturated carbocycles. The van der Waals surface area contributed by atoms with Crippen LogP contribution in [-0.4, -0.2) is 58.6 Å². The molecule has 0 amide bonds. The van der Waals surface area contributed by atoms with Gasteiger partial charge in [-0.25, -0.2) is 4.98 Å². The fraction of sp³-hybridized carbons (Fsp3) is 0.389. The van der Waals surface area contributed by atoms with Gasteiger partial charge in [0.25, 0.3) is 0 Å². The van der Waals surface area contributed by atoms with E-state index < -0.39 is 0 Å². The number of piperidine rings is 1. The summed E-state index contributed by atoms with van der Waals surface area (Å²) in [4.78, 5) is 8.16. The molecule has 1 fully saturated rings. The molecule has 1 N–H and O–H groups in total. The third kappa shape index (κ3) is 3.58. The van der Waals surface area contributed by atoms with Gasteiger partial charge in [0, 0.05) is 37.9 Å². The standard InChI is InChI=1S/C18H22N6O/c1-22(15-7-9-23(12-19)10-8-15)18(20)24-11-17(21-13-24)14-3-5-16(25-2)6-4-14/h3-6,11,13,15,20H,7-10H2,1-2H3. The van der Waals surface area contributed by atoms with Crippen LogP contribution in [0.4, 0.5) is 0 Å². The maximum absolute atomic E-state index is 8.95. The van der Waals surface area contributed by atoms with Gasteiger partial charge in [0.05, 0.1) is 12.8 Å². The van der Waals surface area contributed by atoms with E-state index in [4.69, 9.17) is 15.4 Å². The number of methoxy groups -OCH3 is 1. The summed E-state index contributed by atoms with van der Waals surface area (Å²) in [5.41, 5.74) is 1.80. The number of nitrogens with one attached hydrogen (secondary N) is 1. The van der Waals surface area contributed by atoms with Crippen molar-refractivity contribution < 1.29 is 4.74 Å². The lowest BCUT2D eigenvalue weighted by atomic mass is 10.0. The smallest absolute Gasteiger partial charge is 0.203 e. The summed E-state index contributed by atoms with van der Waals surface area (Å²) in [5, 5.41) is 17.4. The summed E-state index contributed by atoms with van der Waals surface area (Å²) in [7, 11) is 3.57. The minimum absolute atomic E-state index is 0.268. The Morgan fingerprint density at radius 3 is 2.60 bits per heavy atom. The maximum atomic E-state index is 8.95. The second-order valence-electron chi connectivity index (χ2n) is 6.15. The summed E-state index contributed by atoms with van der Waals surface area (Å²) in [6.45, 7) is 1.50. The highest BCUT2D eigenvalue weighted by molar-refractivity contribution is 5.80. The molecule has 1 aromatic carbocycles. The average Bonchev–Trinajstić information content (AvgIpc) is 3.17. The van der Waals surface area contributed by atoms with Gasteiger partial charge in [-0.2, -0.15) is 5.26 Å². The first-order valence-electron chi connectivity index (χ1n) is 8.27. The third-order valence-corrected chi connectivity index (χ3v) is 4.70. The first kappa shape index (κ1) is 16.8. The van der Waals surface area contributed by atoms with Gasteiger partial charge in [0.15, 0.2) is 6.19 Å². The molecule has 2 aromatic rings. The van der Waals surface area contributed by atoms with Crippen LogP contribution in [0, 0.1) is 16.9 Å². The number of nitrogens with zero attached hydrogens (tertiary/aromatic N) is 5. The Kier molecular flexibility index (Phi) is 4.89. The number of imidazole rings is 1. The SMILES string of the molecule is COc1ccc(-c2cn(C(=N)N(C)C3CCN(C#N)CC3)cn2)cc1. The molecule has 0 aliphatic carbocycles. The van der Waals surface area contributed by atoms with Gasteiger partial charge in [-0.1, -0.05) is 0 Å². The molecule has 0 spiro atoms. The van der Waals surface area contributed by atoms with Crippen LogP contribution in [0.5, 0.6) is 5.75 Å². The van der Waals surface area contributed by atoms with Crippen molar-refractivity contribution in [1.82, 2.24) is 19.4 Å². The normalized spacial score (nSPS) is 14.8. The van der Waals surface area contributed by atoms with Crippen LogP contribution in [0.2, 0.25) is 0 Å². The lowest BCUT2D eigenvalue weighted by Crippen LogP contribution is -2.45. The second-order valence-corrected chi connectivity index (χ2v) is 6.15. The lowest BCUT2D eigenvalue weighted by Gasteiger charge is -2.35. The Morgan fingerprint density at radius 2 is 2.00 bits per heavy atom. The molecule has 7 heteroatoms. The Hall–Kier alpha value is -3.01. The van der Waals surface area contributed by atoms with E-state index in [-0.39, 0.29) is 6.04 Å². The molecular weight excluding hydrogens is 316 g/mol. The van der Waals surface area contributed by atoms with Crippen molar-refractivity contribution in [1.29, 1.82) is 10.7 Å². The van der Waals surface area contributed by atoms with Gasteiger partial charge in [0.2, 0.25) is 5.96 Å². The predicted octanol–water partition coefficient (Wildman–Crippen LogP) is 2.22. The number of likely N-dealkylation sites (tertiary alicyclic amines) is 1. The van der Waals surface area contributed by atoms with Gasteiger partial charge in [0.1, 0.15) is 12.1 Å².